The van der Waals surface area contributed by atoms with E-state index in [1.165, 1.54) is 24.8 Å². The van der Waals surface area contributed by atoms with Crippen LogP contribution in [-0.2, 0) is 13.1 Å². The molecule has 2 fully saturated rings. The van der Waals surface area contributed by atoms with Crippen molar-refractivity contribution >= 4 is 35.8 Å². The number of piperazine rings is 1. The number of piperidine rings is 1. The van der Waals surface area contributed by atoms with Gasteiger partial charge in [-0.2, -0.15) is 0 Å². The molecule has 2 aromatic rings. The summed E-state index contributed by atoms with van der Waals surface area (Å²) in [4.78, 5) is 16.2. The molecule has 0 bridgehead atoms. The lowest BCUT2D eigenvalue weighted by Gasteiger charge is -2.36. The molecule has 1 N–H and O–H groups in total. The Hall–Kier alpha value is -1.88. The molecule has 4 heterocycles. The van der Waals surface area contributed by atoms with Crippen LogP contribution in [0.1, 0.15) is 30.5 Å². The predicted octanol–water partition coefficient (Wildman–Crippen LogP) is 2.57. The topological polar surface area (TPSA) is 73.0 Å². The Labute approximate surface area is 195 Å². The Balaban J connectivity index is 0.00000256. The lowest BCUT2D eigenvalue weighted by Crippen LogP contribution is -2.52. The van der Waals surface area contributed by atoms with Crippen LogP contribution in [0.4, 0.5) is 5.82 Å². The highest BCUT2D eigenvalue weighted by Crippen LogP contribution is 2.18. The van der Waals surface area contributed by atoms with Crippen LogP contribution in [0.15, 0.2) is 40.2 Å². The summed E-state index contributed by atoms with van der Waals surface area (Å²) < 4.78 is 4.93. The molecule has 164 valence electrons. The lowest BCUT2D eigenvalue weighted by molar-refractivity contribution is 0.169. The molecule has 0 aromatic carbocycles. The molecule has 0 radical (unpaired) electrons. The van der Waals surface area contributed by atoms with Crippen LogP contribution < -0.4 is 10.2 Å². The van der Waals surface area contributed by atoms with E-state index < -0.39 is 0 Å². The Morgan fingerprint density at radius 1 is 1.10 bits per heavy atom. The van der Waals surface area contributed by atoms with Gasteiger partial charge in [-0.05, 0) is 37.0 Å². The molecule has 0 spiro atoms. The zero-order valence-electron chi connectivity index (χ0n) is 17.7. The number of aliphatic imine (C=N–C) groups is 1. The second kappa shape index (κ2) is 11.5. The number of rotatable bonds is 5. The summed E-state index contributed by atoms with van der Waals surface area (Å²) in [6.07, 6.45) is 7.42. The van der Waals surface area contributed by atoms with Crippen molar-refractivity contribution in [2.45, 2.75) is 32.4 Å². The minimum absolute atomic E-state index is 0. The van der Waals surface area contributed by atoms with Crippen molar-refractivity contribution in [3.63, 3.8) is 0 Å². The standard InChI is InChI=1S/C21H31N7O.HI/c1-22-21(28-12-10-26(11-13-28)17-19-6-14-29-25-19)24-16-18-5-7-23-20(15-18)27-8-3-2-4-9-27;/h5-7,14-15H,2-4,8-13,16-17H2,1H3,(H,22,24);1H. The molecule has 0 unspecified atom stereocenters. The molecule has 2 saturated heterocycles. The van der Waals surface area contributed by atoms with Gasteiger partial charge in [-0.1, -0.05) is 5.16 Å². The fourth-order valence-corrected chi connectivity index (χ4v) is 4.05. The normalized spacial score (nSPS) is 18.2. The van der Waals surface area contributed by atoms with E-state index in [2.05, 4.69) is 47.3 Å². The molecule has 0 amide bonds. The quantitative estimate of drug-likeness (QED) is 0.366. The van der Waals surface area contributed by atoms with Crippen LogP contribution >= 0.6 is 24.0 Å². The third kappa shape index (κ3) is 6.07. The summed E-state index contributed by atoms with van der Waals surface area (Å²) in [6, 6.07) is 6.23. The Bertz CT molecular complexity index is 784. The van der Waals surface area contributed by atoms with Gasteiger partial charge in [0.2, 0.25) is 0 Å². The third-order valence-corrected chi connectivity index (χ3v) is 5.70. The van der Waals surface area contributed by atoms with Gasteiger partial charge in [-0.25, -0.2) is 4.98 Å². The first kappa shape index (κ1) is 22.8. The van der Waals surface area contributed by atoms with Crippen LogP contribution in [0.2, 0.25) is 0 Å². The number of nitrogens with zero attached hydrogens (tertiary/aromatic N) is 6. The monoisotopic (exact) mass is 525 g/mol. The molecule has 0 aliphatic carbocycles. The summed E-state index contributed by atoms with van der Waals surface area (Å²) in [5.74, 6) is 2.06. The summed E-state index contributed by atoms with van der Waals surface area (Å²) in [5.41, 5.74) is 2.23. The van der Waals surface area contributed by atoms with E-state index in [1.54, 1.807) is 6.26 Å². The van der Waals surface area contributed by atoms with Gasteiger partial charge in [0.15, 0.2) is 5.96 Å². The average Bonchev–Trinajstić information content (AvgIpc) is 3.29. The third-order valence-electron chi connectivity index (χ3n) is 5.70. The molecule has 30 heavy (non-hydrogen) atoms. The summed E-state index contributed by atoms with van der Waals surface area (Å²) in [6.45, 7) is 7.71. The Morgan fingerprint density at radius 3 is 2.60 bits per heavy atom. The van der Waals surface area contributed by atoms with Gasteiger partial charge < -0.3 is 19.6 Å². The van der Waals surface area contributed by atoms with E-state index in [-0.39, 0.29) is 24.0 Å². The predicted molar refractivity (Wildman–Crippen MR) is 129 cm³/mol. The molecule has 2 aromatic heterocycles. The molecular weight excluding hydrogens is 493 g/mol. The van der Waals surface area contributed by atoms with Gasteiger partial charge in [-0.3, -0.25) is 9.89 Å². The minimum Gasteiger partial charge on any atom is -0.364 e. The highest BCUT2D eigenvalue weighted by Gasteiger charge is 2.20. The number of nitrogens with one attached hydrogen (secondary N) is 1. The van der Waals surface area contributed by atoms with Crippen molar-refractivity contribution in [1.29, 1.82) is 0 Å². The van der Waals surface area contributed by atoms with E-state index in [0.717, 1.165) is 69.8 Å². The zero-order valence-corrected chi connectivity index (χ0v) is 20.0. The highest BCUT2D eigenvalue weighted by atomic mass is 127. The van der Waals surface area contributed by atoms with E-state index in [1.807, 2.05) is 19.3 Å². The van der Waals surface area contributed by atoms with Crippen LogP contribution in [0.5, 0.6) is 0 Å². The summed E-state index contributed by atoms with van der Waals surface area (Å²) in [7, 11) is 1.86. The molecule has 2 aliphatic rings. The first-order chi connectivity index (χ1) is 14.3. The van der Waals surface area contributed by atoms with Crippen molar-refractivity contribution in [1.82, 2.24) is 25.3 Å². The second-order valence-electron chi connectivity index (χ2n) is 7.72. The SMILES string of the molecule is CN=C(NCc1ccnc(N2CCCCC2)c1)N1CCN(Cc2ccon2)CC1.I. The zero-order chi connectivity index (χ0) is 19.9. The van der Waals surface area contributed by atoms with Crippen molar-refractivity contribution in [2.24, 2.45) is 4.99 Å². The highest BCUT2D eigenvalue weighted by molar-refractivity contribution is 14.0. The Kier molecular flexibility index (Phi) is 8.74. The fourth-order valence-electron chi connectivity index (χ4n) is 4.05. The van der Waals surface area contributed by atoms with Gasteiger partial charge in [0.25, 0.3) is 0 Å². The smallest absolute Gasteiger partial charge is 0.194 e. The first-order valence-electron chi connectivity index (χ1n) is 10.6. The number of hydrogen-bond acceptors (Lipinski definition) is 6. The summed E-state index contributed by atoms with van der Waals surface area (Å²) >= 11 is 0. The van der Waals surface area contributed by atoms with Gasteiger partial charge in [-0.15, -0.1) is 24.0 Å². The summed E-state index contributed by atoms with van der Waals surface area (Å²) in [5, 5.41) is 7.54. The molecule has 4 rings (SSSR count). The number of pyridine rings is 1. The van der Waals surface area contributed by atoms with Gasteiger partial charge in [0.1, 0.15) is 12.1 Å². The fraction of sp³-hybridized carbons (Fsp3) is 0.571. The van der Waals surface area contributed by atoms with E-state index in [0.29, 0.717) is 0 Å². The van der Waals surface area contributed by atoms with Gasteiger partial charge >= 0.3 is 0 Å². The lowest BCUT2D eigenvalue weighted by atomic mass is 10.1. The average molecular weight is 525 g/mol. The molecule has 0 atom stereocenters. The molecule has 0 saturated carbocycles. The van der Waals surface area contributed by atoms with Crippen LogP contribution in [0, 0.1) is 0 Å². The maximum absolute atomic E-state index is 4.93. The molecule has 8 nitrogen and oxygen atoms in total. The van der Waals surface area contributed by atoms with E-state index >= 15 is 0 Å². The number of aromatic nitrogens is 2. The first-order valence-corrected chi connectivity index (χ1v) is 10.6. The molecule has 2 aliphatic heterocycles. The van der Waals surface area contributed by atoms with Crippen LogP contribution in [0.3, 0.4) is 0 Å². The minimum atomic E-state index is 0. The molecule has 9 heteroatoms. The maximum atomic E-state index is 4.93. The largest absolute Gasteiger partial charge is 0.364 e. The number of guanidine groups is 1. The van der Waals surface area contributed by atoms with Crippen molar-refractivity contribution in [2.75, 3.05) is 51.2 Å². The van der Waals surface area contributed by atoms with Crippen molar-refractivity contribution in [3.8, 4) is 0 Å². The van der Waals surface area contributed by atoms with Gasteiger partial charge in [0, 0.05) is 71.7 Å². The number of anilines is 1. The second-order valence-corrected chi connectivity index (χ2v) is 7.72. The maximum Gasteiger partial charge on any atom is 0.194 e. The number of halogens is 1. The molecular formula is C21H32IN7O. The van der Waals surface area contributed by atoms with Gasteiger partial charge in [0.05, 0.1) is 5.69 Å². The number of hydrogen-bond donors (Lipinski definition) is 1. The Morgan fingerprint density at radius 2 is 1.90 bits per heavy atom. The van der Waals surface area contributed by atoms with E-state index in [4.69, 9.17) is 4.52 Å². The van der Waals surface area contributed by atoms with Crippen LogP contribution in [-0.4, -0.2) is 72.2 Å². The van der Waals surface area contributed by atoms with Crippen LogP contribution in [0.25, 0.3) is 0 Å². The van der Waals surface area contributed by atoms with Crippen molar-refractivity contribution < 1.29 is 4.52 Å². The van der Waals surface area contributed by atoms with Crippen molar-refractivity contribution in [3.05, 3.63) is 41.9 Å². The van der Waals surface area contributed by atoms with E-state index in [9.17, 15) is 0 Å².